The SMILES string of the molecule is CCOC(=O)c1sc(N2C(=O)C(=O)/C(=C(\O)c3ccc(OC)c(C)c3)C2c2ccc(O)c(OCC)c2)nc1C. The van der Waals surface area contributed by atoms with Gasteiger partial charge in [-0.25, -0.2) is 9.78 Å². The van der Waals surface area contributed by atoms with Gasteiger partial charge in [0, 0.05) is 5.56 Å². The zero-order valence-electron chi connectivity index (χ0n) is 22.1. The van der Waals surface area contributed by atoms with Crippen molar-refractivity contribution in [2.75, 3.05) is 25.2 Å². The molecule has 11 heteroatoms. The maximum absolute atomic E-state index is 13.5. The number of Topliss-reactive ketones (excluding diaryl/α,β-unsaturated/α-hetero) is 1. The summed E-state index contributed by atoms with van der Waals surface area (Å²) < 4.78 is 15.9. The molecule has 4 rings (SSSR count). The largest absolute Gasteiger partial charge is 0.507 e. The van der Waals surface area contributed by atoms with Gasteiger partial charge in [0.2, 0.25) is 0 Å². The summed E-state index contributed by atoms with van der Waals surface area (Å²) in [5, 5.41) is 21.8. The number of aliphatic hydroxyl groups is 1. The molecule has 1 fully saturated rings. The Morgan fingerprint density at radius 1 is 1.08 bits per heavy atom. The first-order chi connectivity index (χ1) is 18.6. The Bertz CT molecular complexity index is 1490. The standard InChI is InChI=1S/C28H28N2O8S/c1-6-37-20-13-16(8-10-18(20)31)22-21(23(32)17-9-11-19(36-5)14(3)12-17)24(33)26(34)30(22)28-29-15(4)25(39-28)27(35)38-7-2/h8-13,22,31-32H,6-7H2,1-5H3/b23-21-. The molecule has 1 amide bonds. The van der Waals surface area contributed by atoms with Gasteiger partial charge in [-0.15, -0.1) is 0 Å². The maximum atomic E-state index is 13.5. The van der Waals surface area contributed by atoms with E-state index in [9.17, 15) is 24.6 Å². The number of phenolic OH excluding ortho intramolecular Hbond substituents is 1. The highest BCUT2D eigenvalue weighted by Gasteiger charge is 2.48. The third kappa shape index (κ3) is 5.05. The van der Waals surface area contributed by atoms with E-state index in [2.05, 4.69) is 4.98 Å². The van der Waals surface area contributed by atoms with E-state index in [-0.39, 0.29) is 40.3 Å². The number of methoxy groups -OCH3 is 1. The van der Waals surface area contributed by atoms with Crippen LogP contribution in [0, 0.1) is 13.8 Å². The number of nitrogens with zero attached hydrogens (tertiary/aromatic N) is 2. The van der Waals surface area contributed by atoms with Crippen molar-refractivity contribution in [2.45, 2.75) is 33.7 Å². The minimum absolute atomic E-state index is 0.0821. The number of ketones is 1. The second-order valence-electron chi connectivity index (χ2n) is 8.65. The van der Waals surface area contributed by atoms with Crippen LogP contribution in [0.2, 0.25) is 0 Å². The van der Waals surface area contributed by atoms with E-state index >= 15 is 0 Å². The van der Waals surface area contributed by atoms with Crippen molar-refractivity contribution in [1.29, 1.82) is 0 Å². The van der Waals surface area contributed by atoms with Gasteiger partial charge < -0.3 is 24.4 Å². The smallest absolute Gasteiger partial charge is 0.350 e. The predicted octanol–water partition coefficient (Wildman–Crippen LogP) is 4.68. The van der Waals surface area contributed by atoms with E-state index in [1.807, 2.05) is 0 Å². The Labute approximate surface area is 229 Å². The fourth-order valence-corrected chi connectivity index (χ4v) is 5.36. The lowest BCUT2D eigenvalue weighted by Gasteiger charge is -2.23. The van der Waals surface area contributed by atoms with Crippen LogP contribution in [0.4, 0.5) is 5.13 Å². The number of phenols is 1. The number of rotatable bonds is 8. The average molecular weight is 553 g/mol. The van der Waals surface area contributed by atoms with E-state index in [0.29, 0.717) is 28.1 Å². The lowest BCUT2D eigenvalue weighted by Crippen LogP contribution is -2.29. The number of aromatic hydroxyl groups is 1. The van der Waals surface area contributed by atoms with Gasteiger partial charge in [-0.2, -0.15) is 0 Å². The summed E-state index contributed by atoms with van der Waals surface area (Å²) in [5.41, 5.74) is 1.56. The predicted molar refractivity (Wildman–Crippen MR) is 145 cm³/mol. The summed E-state index contributed by atoms with van der Waals surface area (Å²) in [6.45, 7) is 7.23. The molecule has 10 nitrogen and oxygen atoms in total. The number of anilines is 1. The van der Waals surface area contributed by atoms with E-state index in [0.717, 1.165) is 16.2 Å². The monoisotopic (exact) mass is 552 g/mol. The lowest BCUT2D eigenvalue weighted by atomic mass is 9.94. The molecule has 2 N–H and O–H groups in total. The number of hydrogen-bond acceptors (Lipinski definition) is 10. The molecule has 2 aromatic carbocycles. The molecule has 0 aliphatic carbocycles. The number of thiazole rings is 1. The molecule has 1 aliphatic rings. The molecule has 1 unspecified atom stereocenters. The van der Waals surface area contributed by atoms with Crippen LogP contribution in [0.5, 0.6) is 17.2 Å². The number of hydrogen-bond donors (Lipinski definition) is 2. The molecule has 1 saturated heterocycles. The molecule has 1 aromatic heterocycles. The summed E-state index contributed by atoms with van der Waals surface area (Å²) in [6, 6.07) is 8.16. The van der Waals surface area contributed by atoms with Gasteiger partial charge >= 0.3 is 11.9 Å². The Morgan fingerprint density at radius 3 is 2.46 bits per heavy atom. The maximum Gasteiger partial charge on any atom is 0.350 e. The van der Waals surface area contributed by atoms with Crippen LogP contribution < -0.4 is 14.4 Å². The summed E-state index contributed by atoms with van der Waals surface area (Å²) >= 11 is 0.909. The van der Waals surface area contributed by atoms with E-state index in [1.165, 1.54) is 25.3 Å². The van der Waals surface area contributed by atoms with Crippen LogP contribution in [-0.4, -0.2) is 53.2 Å². The molecule has 1 atom stereocenters. The zero-order valence-corrected chi connectivity index (χ0v) is 22.9. The first-order valence-electron chi connectivity index (χ1n) is 12.2. The molecule has 0 bridgehead atoms. The molecule has 0 spiro atoms. The topological polar surface area (TPSA) is 135 Å². The van der Waals surface area contributed by atoms with Crippen molar-refractivity contribution in [3.63, 3.8) is 0 Å². The first-order valence-corrected chi connectivity index (χ1v) is 13.0. The summed E-state index contributed by atoms with van der Waals surface area (Å²) in [5.74, 6) is -2.24. The fraction of sp³-hybridized carbons (Fsp3) is 0.286. The van der Waals surface area contributed by atoms with Crippen LogP contribution in [0.25, 0.3) is 5.76 Å². The molecule has 39 heavy (non-hydrogen) atoms. The van der Waals surface area contributed by atoms with Gasteiger partial charge in [-0.05, 0) is 69.2 Å². The van der Waals surface area contributed by atoms with Gasteiger partial charge in [0.1, 0.15) is 16.4 Å². The van der Waals surface area contributed by atoms with Crippen LogP contribution in [0.1, 0.15) is 51.9 Å². The average Bonchev–Trinajstić information content (AvgIpc) is 3.41. The summed E-state index contributed by atoms with van der Waals surface area (Å²) in [7, 11) is 1.52. The van der Waals surface area contributed by atoms with Crippen molar-refractivity contribution in [3.05, 3.63) is 69.2 Å². The van der Waals surface area contributed by atoms with Crippen LogP contribution in [0.15, 0.2) is 42.0 Å². The highest BCUT2D eigenvalue weighted by Crippen LogP contribution is 2.45. The van der Waals surface area contributed by atoms with Crippen molar-refractivity contribution in [1.82, 2.24) is 4.98 Å². The quantitative estimate of drug-likeness (QED) is 0.177. The number of ether oxygens (including phenoxy) is 3. The number of aryl methyl sites for hydroxylation is 2. The Balaban J connectivity index is 1.95. The Kier molecular flexibility index (Phi) is 7.91. The Hall–Kier alpha value is -4.38. The zero-order chi connectivity index (χ0) is 28.4. The summed E-state index contributed by atoms with van der Waals surface area (Å²) in [4.78, 5) is 45.2. The fourth-order valence-electron chi connectivity index (χ4n) is 4.37. The number of aliphatic hydroxyl groups excluding tert-OH is 1. The molecule has 1 aliphatic heterocycles. The molecule has 204 valence electrons. The highest BCUT2D eigenvalue weighted by molar-refractivity contribution is 7.17. The molecule has 3 aromatic rings. The molecular weight excluding hydrogens is 524 g/mol. The second-order valence-corrected chi connectivity index (χ2v) is 9.62. The van der Waals surface area contributed by atoms with Crippen LogP contribution in [-0.2, 0) is 14.3 Å². The highest BCUT2D eigenvalue weighted by atomic mass is 32.1. The molecule has 2 heterocycles. The molecule has 0 radical (unpaired) electrons. The van der Waals surface area contributed by atoms with E-state index < -0.39 is 29.5 Å². The number of amides is 1. The van der Waals surface area contributed by atoms with E-state index in [1.54, 1.807) is 45.9 Å². The van der Waals surface area contributed by atoms with Gasteiger partial charge in [-0.3, -0.25) is 14.5 Å². The lowest BCUT2D eigenvalue weighted by molar-refractivity contribution is -0.132. The summed E-state index contributed by atoms with van der Waals surface area (Å²) in [6.07, 6.45) is 0. The minimum Gasteiger partial charge on any atom is -0.507 e. The first kappa shape index (κ1) is 27.6. The van der Waals surface area contributed by atoms with Crippen molar-refractivity contribution in [3.8, 4) is 17.2 Å². The number of aromatic nitrogens is 1. The van der Waals surface area contributed by atoms with Gasteiger partial charge in [0.15, 0.2) is 16.6 Å². The minimum atomic E-state index is -1.13. The molecular formula is C28H28N2O8S. The molecule has 0 saturated carbocycles. The Morgan fingerprint density at radius 2 is 1.82 bits per heavy atom. The second kappa shape index (κ2) is 11.2. The van der Waals surface area contributed by atoms with Crippen molar-refractivity contribution >= 4 is 39.9 Å². The van der Waals surface area contributed by atoms with Gasteiger partial charge in [-0.1, -0.05) is 17.4 Å². The number of benzene rings is 2. The van der Waals surface area contributed by atoms with Crippen molar-refractivity contribution in [2.24, 2.45) is 0 Å². The number of carbonyl (C=O) groups excluding carboxylic acids is 3. The number of esters is 1. The third-order valence-electron chi connectivity index (χ3n) is 6.16. The van der Waals surface area contributed by atoms with Crippen LogP contribution in [0.3, 0.4) is 0 Å². The van der Waals surface area contributed by atoms with Crippen molar-refractivity contribution < 1.29 is 38.8 Å². The number of carbonyl (C=O) groups is 3. The van der Waals surface area contributed by atoms with Gasteiger partial charge in [0.25, 0.3) is 5.78 Å². The normalized spacial score (nSPS) is 16.4. The van der Waals surface area contributed by atoms with E-state index in [4.69, 9.17) is 14.2 Å². The van der Waals surface area contributed by atoms with Crippen LogP contribution >= 0.6 is 11.3 Å². The van der Waals surface area contributed by atoms with Gasteiger partial charge in [0.05, 0.1) is 37.6 Å². The third-order valence-corrected chi connectivity index (χ3v) is 7.30.